The van der Waals surface area contributed by atoms with E-state index in [2.05, 4.69) is 22.0 Å². The Morgan fingerprint density at radius 1 is 1.30 bits per heavy atom. The molecule has 5 nitrogen and oxygen atoms in total. The zero-order valence-corrected chi connectivity index (χ0v) is 14.6. The van der Waals surface area contributed by atoms with E-state index in [4.69, 9.17) is 0 Å². The molecule has 23 heavy (non-hydrogen) atoms. The molecule has 0 spiro atoms. The van der Waals surface area contributed by atoms with Crippen LogP contribution < -0.4 is 0 Å². The van der Waals surface area contributed by atoms with Crippen LogP contribution in [-0.4, -0.2) is 52.1 Å². The van der Waals surface area contributed by atoms with Gasteiger partial charge in [0.2, 0.25) is 5.91 Å². The number of fused-ring (bicyclic) bond motifs is 1. The molecule has 1 unspecified atom stereocenters. The molecule has 5 heteroatoms. The van der Waals surface area contributed by atoms with Crippen LogP contribution >= 0.6 is 0 Å². The van der Waals surface area contributed by atoms with Crippen molar-refractivity contribution in [3.8, 4) is 0 Å². The number of likely N-dealkylation sites (N-methyl/N-ethyl adjacent to an activating group) is 1. The van der Waals surface area contributed by atoms with E-state index >= 15 is 0 Å². The van der Waals surface area contributed by atoms with Crippen LogP contribution in [-0.2, 0) is 24.2 Å². The van der Waals surface area contributed by atoms with Gasteiger partial charge in [-0.2, -0.15) is 5.10 Å². The number of hydrogen-bond acceptors (Lipinski definition) is 3. The van der Waals surface area contributed by atoms with Crippen LogP contribution in [0.4, 0.5) is 0 Å². The van der Waals surface area contributed by atoms with E-state index in [-0.39, 0.29) is 5.91 Å². The van der Waals surface area contributed by atoms with Crippen molar-refractivity contribution in [1.29, 1.82) is 0 Å². The summed E-state index contributed by atoms with van der Waals surface area (Å²) >= 11 is 0. The summed E-state index contributed by atoms with van der Waals surface area (Å²) in [4.78, 5) is 16.8. The first-order valence-electron chi connectivity index (χ1n) is 9.22. The van der Waals surface area contributed by atoms with Crippen LogP contribution in [0.25, 0.3) is 0 Å². The fourth-order valence-corrected chi connectivity index (χ4v) is 4.02. The summed E-state index contributed by atoms with van der Waals surface area (Å²) in [6.07, 6.45) is 9.60. The molecule has 1 fully saturated rings. The lowest BCUT2D eigenvalue weighted by molar-refractivity contribution is -0.132. The molecule has 1 saturated heterocycles. The van der Waals surface area contributed by atoms with E-state index in [1.54, 1.807) is 0 Å². The Bertz CT molecular complexity index is 539. The number of piperidine rings is 1. The van der Waals surface area contributed by atoms with Gasteiger partial charge in [0.1, 0.15) is 0 Å². The first-order valence-corrected chi connectivity index (χ1v) is 9.22. The lowest BCUT2D eigenvalue weighted by atomic mass is 9.96. The molecule has 3 rings (SSSR count). The topological polar surface area (TPSA) is 52.2 Å². The van der Waals surface area contributed by atoms with Crippen molar-refractivity contribution in [3.63, 3.8) is 0 Å². The maximum Gasteiger partial charge on any atom is 0.236 e. The Morgan fingerprint density at radius 3 is 2.96 bits per heavy atom. The second-order valence-electron chi connectivity index (χ2n) is 7.11. The lowest BCUT2D eigenvalue weighted by Gasteiger charge is -2.35. The largest absolute Gasteiger partial charge is 0.339 e. The van der Waals surface area contributed by atoms with E-state index in [0.717, 1.165) is 31.5 Å². The molecular weight excluding hydrogens is 288 g/mol. The molecule has 0 radical (unpaired) electrons. The number of H-pyrrole nitrogens is 1. The van der Waals surface area contributed by atoms with Crippen LogP contribution in [0, 0.1) is 0 Å². The quantitative estimate of drug-likeness (QED) is 0.907. The molecule has 1 aliphatic carbocycles. The number of aryl methyl sites for hydroxylation is 1. The number of aromatic amines is 1. The third-order valence-electron chi connectivity index (χ3n) is 5.51. The summed E-state index contributed by atoms with van der Waals surface area (Å²) in [7, 11) is 1.91. The molecule has 2 aliphatic rings. The highest BCUT2D eigenvalue weighted by molar-refractivity contribution is 5.78. The molecule has 2 heterocycles. The van der Waals surface area contributed by atoms with Crippen molar-refractivity contribution < 1.29 is 4.79 Å². The Kier molecular flexibility index (Phi) is 5.36. The van der Waals surface area contributed by atoms with E-state index in [0.29, 0.717) is 19.1 Å². The summed E-state index contributed by atoms with van der Waals surface area (Å²) in [6, 6.07) is 0.583. The van der Waals surface area contributed by atoms with Gasteiger partial charge in [0.05, 0.1) is 18.8 Å². The van der Waals surface area contributed by atoms with Crippen LogP contribution in [0.3, 0.4) is 0 Å². The third-order valence-corrected chi connectivity index (χ3v) is 5.51. The SMILES string of the molecule is CCC1CCCCN1CC(=O)N(C)Cc1n[nH]c2c1CCCC2. The summed E-state index contributed by atoms with van der Waals surface area (Å²) < 4.78 is 0. The Morgan fingerprint density at radius 2 is 2.13 bits per heavy atom. The number of nitrogens with one attached hydrogen (secondary N) is 1. The fraction of sp³-hybridized carbons (Fsp3) is 0.778. The van der Waals surface area contributed by atoms with Crippen molar-refractivity contribution in [2.45, 2.75) is 70.9 Å². The Hall–Kier alpha value is -1.36. The smallest absolute Gasteiger partial charge is 0.236 e. The first-order chi connectivity index (χ1) is 11.2. The summed E-state index contributed by atoms with van der Waals surface area (Å²) in [6.45, 7) is 4.49. The highest BCUT2D eigenvalue weighted by Gasteiger charge is 2.25. The highest BCUT2D eigenvalue weighted by Crippen LogP contribution is 2.23. The average Bonchev–Trinajstić information content (AvgIpc) is 2.98. The minimum Gasteiger partial charge on any atom is -0.339 e. The van der Waals surface area contributed by atoms with Gasteiger partial charge in [-0.1, -0.05) is 13.3 Å². The fourth-order valence-electron chi connectivity index (χ4n) is 4.02. The van der Waals surface area contributed by atoms with Crippen LogP contribution in [0.2, 0.25) is 0 Å². The molecule has 1 atom stereocenters. The molecule has 0 bridgehead atoms. The monoisotopic (exact) mass is 318 g/mol. The zero-order valence-electron chi connectivity index (χ0n) is 14.6. The maximum atomic E-state index is 12.6. The van der Waals surface area contributed by atoms with E-state index < -0.39 is 0 Å². The van der Waals surface area contributed by atoms with Crippen molar-refractivity contribution >= 4 is 5.91 Å². The third kappa shape index (κ3) is 3.77. The van der Waals surface area contributed by atoms with E-state index in [1.807, 2.05) is 11.9 Å². The van der Waals surface area contributed by atoms with Crippen LogP contribution in [0.5, 0.6) is 0 Å². The van der Waals surface area contributed by atoms with E-state index in [1.165, 1.54) is 43.4 Å². The Balaban J connectivity index is 1.58. The number of carbonyl (C=O) groups excluding carboxylic acids is 1. The first kappa shape index (κ1) is 16.5. The van der Waals surface area contributed by atoms with Gasteiger partial charge in [-0.15, -0.1) is 0 Å². The number of hydrogen-bond donors (Lipinski definition) is 1. The molecule has 0 aromatic carbocycles. The molecule has 1 N–H and O–H groups in total. The number of rotatable bonds is 5. The minimum absolute atomic E-state index is 0.220. The minimum atomic E-state index is 0.220. The van der Waals surface area contributed by atoms with Gasteiger partial charge in [0, 0.05) is 18.8 Å². The van der Waals surface area contributed by atoms with Crippen molar-refractivity contribution in [2.75, 3.05) is 20.1 Å². The standard InChI is InChI=1S/C18H30N4O/c1-3-14-8-6-7-11-22(14)13-18(23)21(2)12-17-15-9-4-5-10-16(15)19-20-17/h14H,3-13H2,1-2H3,(H,19,20). The number of amides is 1. The maximum absolute atomic E-state index is 12.6. The van der Waals surface area contributed by atoms with Crippen LogP contribution in [0.15, 0.2) is 0 Å². The van der Waals surface area contributed by atoms with Gasteiger partial charge in [0.15, 0.2) is 0 Å². The summed E-state index contributed by atoms with van der Waals surface area (Å²) in [5.41, 5.74) is 3.72. The normalized spacial score (nSPS) is 21.9. The summed E-state index contributed by atoms with van der Waals surface area (Å²) in [5.74, 6) is 0.220. The molecule has 1 aliphatic heterocycles. The molecule has 128 valence electrons. The zero-order chi connectivity index (χ0) is 16.2. The highest BCUT2D eigenvalue weighted by atomic mass is 16.2. The molecule has 1 aromatic heterocycles. The lowest BCUT2D eigenvalue weighted by Crippen LogP contribution is -2.45. The van der Waals surface area contributed by atoms with Gasteiger partial charge in [0.25, 0.3) is 0 Å². The molecule has 1 amide bonds. The molecular formula is C18H30N4O. The number of likely N-dealkylation sites (tertiary alicyclic amines) is 1. The number of nitrogens with zero attached hydrogens (tertiary/aromatic N) is 3. The molecule has 0 saturated carbocycles. The predicted molar refractivity (Wildman–Crippen MR) is 91.2 cm³/mol. The average molecular weight is 318 g/mol. The van der Waals surface area contributed by atoms with Crippen LogP contribution in [0.1, 0.15) is 62.4 Å². The number of carbonyl (C=O) groups is 1. The van der Waals surface area contributed by atoms with Gasteiger partial charge in [-0.3, -0.25) is 14.8 Å². The second-order valence-corrected chi connectivity index (χ2v) is 7.11. The Labute approximate surface area is 139 Å². The van der Waals surface area contributed by atoms with Gasteiger partial charge in [-0.25, -0.2) is 0 Å². The predicted octanol–water partition coefficient (Wildman–Crippen LogP) is 2.51. The second kappa shape index (κ2) is 7.47. The van der Waals surface area contributed by atoms with Gasteiger partial charge in [-0.05, 0) is 57.1 Å². The van der Waals surface area contributed by atoms with Gasteiger partial charge < -0.3 is 4.90 Å². The van der Waals surface area contributed by atoms with Gasteiger partial charge >= 0.3 is 0 Å². The van der Waals surface area contributed by atoms with Crippen molar-refractivity contribution in [3.05, 3.63) is 17.0 Å². The van der Waals surface area contributed by atoms with Crippen molar-refractivity contribution in [1.82, 2.24) is 20.0 Å². The molecule has 1 aromatic rings. The number of aromatic nitrogens is 2. The summed E-state index contributed by atoms with van der Waals surface area (Å²) in [5, 5.41) is 7.64. The van der Waals surface area contributed by atoms with Crippen molar-refractivity contribution in [2.24, 2.45) is 0 Å². The van der Waals surface area contributed by atoms with E-state index in [9.17, 15) is 4.79 Å².